The molecule has 6 nitrogen and oxygen atoms in total. The lowest BCUT2D eigenvalue weighted by Crippen LogP contribution is -2.34. The van der Waals surface area contributed by atoms with Gasteiger partial charge in [-0.1, -0.05) is 12.1 Å². The van der Waals surface area contributed by atoms with E-state index in [1.54, 1.807) is 0 Å². The molecule has 0 aliphatic carbocycles. The van der Waals surface area contributed by atoms with Crippen molar-refractivity contribution in [1.29, 1.82) is 0 Å². The second kappa shape index (κ2) is 10.2. The van der Waals surface area contributed by atoms with Gasteiger partial charge in [0, 0.05) is 30.5 Å². The molecule has 3 aromatic rings. The number of hydrogen-bond donors (Lipinski definition) is 1. The molecule has 1 aliphatic heterocycles. The average Bonchev–Trinajstić information content (AvgIpc) is 3.28. The molecule has 3 heterocycles. The van der Waals surface area contributed by atoms with Crippen molar-refractivity contribution in [3.05, 3.63) is 65.6 Å². The van der Waals surface area contributed by atoms with Crippen molar-refractivity contribution < 1.29 is 9.53 Å². The summed E-state index contributed by atoms with van der Waals surface area (Å²) in [6.45, 7) is 5.83. The number of hydrogen-bond acceptors (Lipinski definition) is 4. The van der Waals surface area contributed by atoms with Gasteiger partial charge in [0.15, 0.2) is 0 Å². The lowest BCUT2D eigenvalue weighted by molar-refractivity contribution is 0.0743. The van der Waals surface area contributed by atoms with Gasteiger partial charge < -0.3 is 19.8 Å². The Morgan fingerprint density at radius 2 is 2.03 bits per heavy atom. The molecule has 0 saturated carbocycles. The number of halogens is 2. The fourth-order valence-electron chi connectivity index (χ4n) is 3.86. The van der Waals surface area contributed by atoms with Crippen molar-refractivity contribution in [3.8, 4) is 5.75 Å². The molecular weight excluding hydrogens is 423 g/mol. The first-order valence-corrected chi connectivity index (χ1v) is 9.71. The van der Waals surface area contributed by atoms with E-state index in [0.717, 1.165) is 24.3 Å². The number of carbonyl (C=O) groups excluding carboxylic acids is 1. The van der Waals surface area contributed by atoms with Crippen molar-refractivity contribution in [1.82, 2.24) is 14.3 Å². The van der Waals surface area contributed by atoms with Gasteiger partial charge in [0.1, 0.15) is 18.0 Å². The van der Waals surface area contributed by atoms with E-state index in [2.05, 4.69) is 18.8 Å². The molecule has 0 radical (unpaired) electrons. The number of rotatable bonds is 5. The van der Waals surface area contributed by atoms with Crippen LogP contribution in [0.15, 0.2) is 48.8 Å². The summed E-state index contributed by atoms with van der Waals surface area (Å²) in [4.78, 5) is 19.4. The number of pyridine rings is 1. The van der Waals surface area contributed by atoms with Gasteiger partial charge in [-0.2, -0.15) is 0 Å². The number of likely N-dealkylation sites (tertiary alicyclic amines) is 1. The molecule has 4 rings (SSSR count). The van der Waals surface area contributed by atoms with Crippen molar-refractivity contribution >= 4 is 36.4 Å². The topological polar surface area (TPSA) is 72.9 Å². The van der Waals surface area contributed by atoms with Crippen molar-refractivity contribution in [2.75, 3.05) is 13.1 Å². The number of nitrogens with zero attached hydrogens (tertiary/aromatic N) is 3. The van der Waals surface area contributed by atoms with Gasteiger partial charge in [-0.3, -0.25) is 4.79 Å². The molecule has 1 amide bonds. The highest BCUT2D eigenvalue weighted by Crippen LogP contribution is 2.25. The van der Waals surface area contributed by atoms with Crippen molar-refractivity contribution in [2.24, 2.45) is 11.7 Å². The molecule has 30 heavy (non-hydrogen) atoms. The molecule has 8 heteroatoms. The fraction of sp³-hybridized carbons (Fsp3) is 0.364. The van der Waals surface area contributed by atoms with Crippen molar-refractivity contribution in [3.63, 3.8) is 0 Å². The number of imidazole rings is 1. The third-order valence-corrected chi connectivity index (χ3v) is 5.37. The number of carbonyl (C=O) groups is 1. The van der Waals surface area contributed by atoms with Crippen LogP contribution in [0.3, 0.4) is 0 Å². The summed E-state index contributed by atoms with van der Waals surface area (Å²) < 4.78 is 7.90. The van der Waals surface area contributed by atoms with Crippen LogP contribution in [0, 0.1) is 12.8 Å². The molecule has 2 atom stereocenters. The molecule has 1 aliphatic rings. The molecule has 1 fully saturated rings. The number of benzene rings is 1. The molecule has 2 aromatic heterocycles. The van der Waals surface area contributed by atoms with Gasteiger partial charge in [0.2, 0.25) is 0 Å². The highest BCUT2D eigenvalue weighted by atomic mass is 35.5. The van der Waals surface area contributed by atoms with E-state index < -0.39 is 0 Å². The summed E-state index contributed by atoms with van der Waals surface area (Å²) in [5, 5.41) is 0. The minimum absolute atomic E-state index is 0. The van der Waals surface area contributed by atoms with Gasteiger partial charge in [-0.25, -0.2) is 4.98 Å². The van der Waals surface area contributed by atoms with Crippen LogP contribution < -0.4 is 10.5 Å². The van der Waals surface area contributed by atoms with Crippen LogP contribution in [-0.4, -0.2) is 39.3 Å². The maximum Gasteiger partial charge on any atom is 0.254 e. The number of fused-ring (bicyclic) bond motifs is 1. The molecule has 1 saturated heterocycles. The van der Waals surface area contributed by atoms with E-state index in [4.69, 9.17) is 10.5 Å². The molecule has 0 bridgehead atoms. The molecule has 1 aromatic carbocycles. The van der Waals surface area contributed by atoms with Crippen LogP contribution in [0.1, 0.15) is 35.0 Å². The minimum atomic E-state index is 0. The van der Waals surface area contributed by atoms with Crippen LogP contribution in [-0.2, 0) is 6.61 Å². The van der Waals surface area contributed by atoms with Crippen LogP contribution in [0.2, 0.25) is 0 Å². The van der Waals surface area contributed by atoms with E-state index in [9.17, 15) is 4.79 Å². The van der Waals surface area contributed by atoms with Gasteiger partial charge >= 0.3 is 0 Å². The Hall–Kier alpha value is -2.28. The zero-order valence-corrected chi connectivity index (χ0v) is 18.8. The lowest BCUT2D eigenvalue weighted by atomic mass is 10.1. The minimum Gasteiger partial charge on any atom is -0.487 e. The highest BCUT2D eigenvalue weighted by Gasteiger charge is 2.32. The van der Waals surface area contributed by atoms with E-state index in [1.807, 2.05) is 58.1 Å². The number of ether oxygens (including phenoxy) is 1. The Morgan fingerprint density at radius 3 is 2.77 bits per heavy atom. The SMILES string of the molecule is Cc1ccc2nc(COc3cccc(C(=O)N4CC(CN)CC4C)c3)cn2c1.Cl.Cl. The smallest absolute Gasteiger partial charge is 0.254 e. The van der Waals surface area contributed by atoms with Gasteiger partial charge in [0.05, 0.1) is 5.69 Å². The average molecular weight is 451 g/mol. The zero-order valence-electron chi connectivity index (χ0n) is 17.2. The summed E-state index contributed by atoms with van der Waals surface area (Å²) >= 11 is 0. The number of nitrogens with two attached hydrogens (primary N) is 1. The summed E-state index contributed by atoms with van der Waals surface area (Å²) in [5.74, 6) is 1.09. The summed E-state index contributed by atoms with van der Waals surface area (Å²) in [7, 11) is 0. The number of amides is 1. The van der Waals surface area contributed by atoms with E-state index in [0.29, 0.717) is 30.4 Å². The first kappa shape index (κ1) is 24.0. The van der Waals surface area contributed by atoms with Crippen LogP contribution in [0.25, 0.3) is 5.65 Å². The molecule has 2 unspecified atom stereocenters. The number of aromatic nitrogens is 2. The maximum atomic E-state index is 12.9. The monoisotopic (exact) mass is 450 g/mol. The third kappa shape index (κ3) is 5.06. The zero-order chi connectivity index (χ0) is 19.7. The Balaban J connectivity index is 0.00000160. The largest absolute Gasteiger partial charge is 0.487 e. The Morgan fingerprint density at radius 1 is 1.23 bits per heavy atom. The molecular formula is C22H28Cl2N4O2. The standard InChI is InChI=1S/C22H26N4O2.2ClH/c1-15-6-7-21-24-19(13-25(21)11-15)14-28-20-5-3-4-18(9-20)22(27)26-12-17(10-23)8-16(26)2;;/h3-7,9,11,13,16-17H,8,10,12,14,23H2,1-2H3;2*1H. The van der Waals surface area contributed by atoms with Crippen LogP contribution in [0.4, 0.5) is 0 Å². The van der Waals surface area contributed by atoms with Crippen LogP contribution >= 0.6 is 24.8 Å². The molecule has 0 spiro atoms. The predicted octanol–water partition coefficient (Wildman–Crippen LogP) is 3.87. The summed E-state index contributed by atoms with van der Waals surface area (Å²) in [6, 6.07) is 11.6. The first-order chi connectivity index (χ1) is 13.5. The Labute approximate surface area is 189 Å². The third-order valence-electron chi connectivity index (χ3n) is 5.37. The quantitative estimate of drug-likeness (QED) is 0.639. The highest BCUT2D eigenvalue weighted by molar-refractivity contribution is 5.95. The lowest BCUT2D eigenvalue weighted by Gasteiger charge is -2.21. The van der Waals surface area contributed by atoms with Gasteiger partial charge in [-0.15, -0.1) is 24.8 Å². The first-order valence-electron chi connectivity index (χ1n) is 9.71. The normalized spacial score (nSPS) is 18.0. The second-order valence-corrected chi connectivity index (χ2v) is 7.66. The van der Waals surface area contributed by atoms with E-state index >= 15 is 0 Å². The van der Waals surface area contributed by atoms with Crippen LogP contribution in [0.5, 0.6) is 5.75 Å². The van der Waals surface area contributed by atoms with E-state index in [-0.39, 0.29) is 36.8 Å². The van der Waals surface area contributed by atoms with Gasteiger partial charge in [-0.05, 0) is 62.6 Å². The van der Waals surface area contributed by atoms with Gasteiger partial charge in [0.25, 0.3) is 5.91 Å². The Bertz CT molecular complexity index is 1010. The molecule has 2 N–H and O–H groups in total. The van der Waals surface area contributed by atoms with Crippen molar-refractivity contribution in [2.45, 2.75) is 32.9 Å². The Kier molecular flexibility index (Phi) is 8.12. The summed E-state index contributed by atoms with van der Waals surface area (Å²) in [6.07, 6.45) is 4.97. The second-order valence-electron chi connectivity index (χ2n) is 7.66. The fourth-order valence-corrected chi connectivity index (χ4v) is 3.86. The maximum absolute atomic E-state index is 12.9. The predicted molar refractivity (Wildman–Crippen MR) is 123 cm³/mol. The van der Waals surface area contributed by atoms with E-state index in [1.165, 1.54) is 5.56 Å². The summed E-state index contributed by atoms with van der Waals surface area (Å²) in [5.41, 5.74) is 9.35. The molecule has 162 valence electrons. The number of aryl methyl sites for hydroxylation is 1.